The van der Waals surface area contributed by atoms with Crippen LogP contribution in [0.2, 0.25) is 0 Å². The monoisotopic (exact) mass is 218 g/mol. The van der Waals surface area contributed by atoms with Crippen molar-refractivity contribution in [3.63, 3.8) is 0 Å². The fourth-order valence-corrected chi connectivity index (χ4v) is 1.61. The van der Waals surface area contributed by atoms with E-state index in [4.69, 9.17) is 21.2 Å². The van der Waals surface area contributed by atoms with Crippen molar-refractivity contribution in [2.24, 2.45) is 11.5 Å². The first-order valence-electron chi connectivity index (χ1n) is 5.76. The molecule has 1 saturated heterocycles. The van der Waals surface area contributed by atoms with Gasteiger partial charge in [-0.1, -0.05) is 37.1 Å². The van der Waals surface area contributed by atoms with E-state index in [1.807, 2.05) is 0 Å². The van der Waals surface area contributed by atoms with Crippen LogP contribution in [0.3, 0.4) is 0 Å². The molecule has 0 unspecified atom stereocenters. The van der Waals surface area contributed by atoms with Crippen LogP contribution in [0, 0.1) is 0 Å². The lowest BCUT2D eigenvalue weighted by molar-refractivity contribution is -0.544. The van der Waals surface area contributed by atoms with E-state index < -0.39 is 5.85 Å². The Morgan fingerprint density at radius 3 is 2.13 bits per heavy atom. The summed E-state index contributed by atoms with van der Waals surface area (Å²) in [7, 11) is 0. The second-order valence-electron chi connectivity index (χ2n) is 4.15. The zero-order chi connectivity index (χ0) is 11.0. The molecule has 0 aliphatic carbocycles. The van der Waals surface area contributed by atoms with Crippen LogP contribution in [0.4, 0.5) is 0 Å². The van der Waals surface area contributed by atoms with E-state index in [2.05, 4.69) is 5.04 Å². The van der Waals surface area contributed by atoms with Crippen LogP contribution in [0.25, 0.3) is 0 Å². The normalized spacial score (nSPS) is 26.0. The van der Waals surface area contributed by atoms with Gasteiger partial charge in [0.25, 0.3) is 0 Å². The fraction of sp³-hybridized carbons (Fsp3) is 1.00. The lowest BCUT2D eigenvalue weighted by Crippen LogP contribution is -2.51. The number of hydrogen-bond acceptors (Lipinski definition) is 5. The Morgan fingerprint density at radius 1 is 0.800 bits per heavy atom. The van der Waals surface area contributed by atoms with E-state index in [1.54, 1.807) is 0 Å². The van der Waals surface area contributed by atoms with Gasteiger partial charge in [0.05, 0.1) is 6.61 Å². The van der Waals surface area contributed by atoms with Crippen molar-refractivity contribution in [2.45, 2.75) is 57.2 Å². The van der Waals surface area contributed by atoms with Gasteiger partial charge in [0, 0.05) is 6.42 Å². The molecule has 1 fully saturated rings. The first kappa shape index (κ1) is 12.9. The topological polar surface area (TPSA) is 79.7 Å². The van der Waals surface area contributed by atoms with Gasteiger partial charge in [-0.2, -0.15) is 4.89 Å². The Bertz CT molecular complexity index is 149. The van der Waals surface area contributed by atoms with Crippen LogP contribution in [0.1, 0.15) is 51.4 Å². The molecule has 1 aliphatic rings. The third-order valence-electron chi connectivity index (χ3n) is 2.53. The molecule has 0 aromatic carbocycles. The number of rotatable bonds is 0. The van der Waals surface area contributed by atoms with Crippen molar-refractivity contribution in [3.8, 4) is 0 Å². The molecule has 4 N–H and O–H groups in total. The highest BCUT2D eigenvalue weighted by Crippen LogP contribution is 2.13. The standard InChI is InChI=1S/C10H22N2O3/c11-10(12)8-6-4-2-1-3-5-7-9-13-15-14-10/h1-9,11-12H2. The van der Waals surface area contributed by atoms with Gasteiger partial charge in [-0.3, -0.25) is 11.5 Å². The van der Waals surface area contributed by atoms with E-state index in [1.165, 1.54) is 25.7 Å². The minimum atomic E-state index is -1.23. The minimum absolute atomic E-state index is 0.524. The third kappa shape index (κ3) is 6.81. The van der Waals surface area contributed by atoms with Gasteiger partial charge >= 0.3 is 0 Å². The van der Waals surface area contributed by atoms with Crippen LogP contribution in [-0.4, -0.2) is 12.5 Å². The van der Waals surface area contributed by atoms with Crippen molar-refractivity contribution in [1.29, 1.82) is 0 Å². The van der Waals surface area contributed by atoms with Crippen LogP contribution in [0.15, 0.2) is 0 Å². The molecule has 1 aliphatic heterocycles. The van der Waals surface area contributed by atoms with Gasteiger partial charge in [-0.05, 0) is 12.8 Å². The van der Waals surface area contributed by atoms with Gasteiger partial charge in [0.15, 0.2) is 0 Å². The van der Waals surface area contributed by atoms with Crippen molar-refractivity contribution in [1.82, 2.24) is 0 Å². The molecule has 1 heterocycles. The summed E-state index contributed by atoms with van der Waals surface area (Å²) in [5, 5.41) is 4.51. The molecule has 0 atom stereocenters. The lowest BCUT2D eigenvalue weighted by Gasteiger charge is -2.21. The zero-order valence-electron chi connectivity index (χ0n) is 9.24. The summed E-state index contributed by atoms with van der Waals surface area (Å²) >= 11 is 0. The van der Waals surface area contributed by atoms with Crippen molar-refractivity contribution < 1.29 is 14.8 Å². The Hall–Kier alpha value is -0.200. The van der Waals surface area contributed by atoms with Gasteiger partial charge in [0.1, 0.15) is 0 Å². The van der Waals surface area contributed by atoms with Crippen molar-refractivity contribution in [2.75, 3.05) is 6.61 Å². The maximum atomic E-state index is 5.65. The molecule has 0 radical (unpaired) electrons. The quantitative estimate of drug-likeness (QED) is 0.476. The van der Waals surface area contributed by atoms with E-state index >= 15 is 0 Å². The summed E-state index contributed by atoms with van der Waals surface area (Å²) in [5.74, 6) is -1.23. The van der Waals surface area contributed by atoms with Crippen LogP contribution < -0.4 is 11.5 Å². The average Bonchev–Trinajstić information content (AvgIpc) is 2.20. The van der Waals surface area contributed by atoms with Gasteiger partial charge in [-0.25, -0.2) is 4.89 Å². The Morgan fingerprint density at radius 2 is 1.40 bits per heavy atom. The molecule has 90 valence electrons. The lowest BCUT2D eigenvalue weighted by atomic mass is 10.1. The predicted molar refractivity (Wildman–Crippen MR) is 56.2 cm³/mol. The summed E-state index contributed by atoms with van der Waals surface area (Å²) in [6, 6.07) is 0. The molecule has 0 bridgehead atoms. The molecular formula is C10H22N2O3. The molecule has 0 aromatic rings. The predicted octanol–water partition coefficient (Wildman–Crippen LogP) is 1.57. The maximum absolute atomic E-state index is 5.65. The number of hydrogen-bond donors (Lipinski definition) is 2. The molecule has 0 amide bonds. The first-order chi connectivity index (χ1) is 7.21. The minimum Gasteiger partial charge on any atom is -0.288 e. The maximum Gasteiger partial charge on any atom is 0.206 e. The Balaban J connectivity index is 2.24. The van der Waals surface area contributed by atoms with Gasteiger partial charge < -0.3 is 0 Å². The molecular weight excluding hydrogens is 196 g/mol. The van der Waals surface area contributed by atoms with E-state index in [9.17, 15) is 0 Å². The number of nitrogens with two attached hydrogens (primary N) is 2. The molecule has 0 saturated carbocycles. The SMILES string of the molecule is NC1(N)CCCCCCCCCOOO1. The van der Waals surface area contributed by atoms with Crippen LogP contribution >= 0.6 is 0 Å². The summed E-state index contributed by atoms with van der Waals surface area (Å²) in [4.78, 5) is 9.58. The van der Waals surface area contributed by atoms with Crippen molar-refractivity contribution >= 4 is 0 Å². The van der Waals surface area contributed by atoms with E-state index in [-0.39, 0.29) is 0 Å². The summed E-state index contributed by atoms with van der Waals surface area (Å²) in [6.45, 7) is 0.524. The molecule has 15 heavy (non-hydrogen) atoms. The summed E-state index contributed by atoms with van der Waals surface area (Å²) < 4.78 is 0. The highest BCUT2D eigenvalue weighted by Gasteiger charge is 2.21. The van der Waals surface area contributed by atoms with Gasteiger partial charge in [-0.15, -0.1) is 0 Å². The molecule has 0 spiro atoms. The smallest absolute Gasteiger partial charge is 0.206 e. The average molecular weight is 218 g/mol. The largest absolute Gasteiger partial charge is 0.288 e. The van der Waals surface area contributed by atoms with Gasteiger partial charge in [0.2, 0.25) is 5.85 Å². The molecule has 5 nitrogen and oxygen atoms in total. The second kappa shape index (κ2) is 7.14. The highest BCUT2D eigenvalue weighted by atomic mass is 17.5. The van der Waals surface area contributed by atoms with E-state index in [0.717, 1.165) is 19.3 Å². The molecule has 0 aromatic heterocycles. The Labute approximate surface area is 90.9 Å². The van der Waals surface area contributed by atoms with Crippen LogP contribution in [0.5, 0.6) is 0 Å². The highest BCUT2D eigenvalue weighted by molar-refractivity contribution is 4.62. The summed E-state index contributed by atoms with van der Waals surface area (Å²) in [6.07, 6.45) is 8.57. The fourth-order valence-electron chi connectivity index (χ4n) is 1.61. The zero-order valence-corrected chi connectivity index (χ0v) is 9.24. The third-order valence-corrected chi connectivity index (χ3v) is 2.53. The molecule has 5 heteroatoms. The van der Waals surface area contributed by atoms with E-state index in [0.29, 0.717) is 13.0 Å². The van der Waals surface area contributed by atoms with Crippen LogP contribution in [-0.2, 0) is 14.8 Å². The first-order valence-corrected chi connectivity index (χ1v) is 5.76. The van der Waals surface area contributed by atoms with Crippen molar-refractivity contribution in [3.05, 3.63) is 0 Å². The summed E-state index contributed by atoms with van der Waals surface area (Å²) in [5.41, 5.74) is 11.3. The Kier molecular flexibility index (Phi) is 6.12. The molecule has 1 rings (SSSR count). The second-order valence-corrected chi connectivity index (χ2v) is 4.15.